The second-order valence-electron chi connectivity index (χ2n) is 17.1. The Labute approximate surface area is 364 Å². The third-order valence-electron chi connectivity index (χ3n) is 14.2. The normalized spacial score (nSPS) is 14.3. The Balaban J connectivity index is 1.12. The molecule has 11 aromatic rings. The van der Waals surface area contributed by atoms with E-state index in [1.54, 1.807) is 0 Å². The lowest BCUT2D eigenvalue weighted by atomic mass is 9.52. The second kappa shape index (κ2) is 12.7. The molecule has 292 valence electrons. The zero-order valence-electron chi connectivity index (χ0n) is 34.1. The van der Waals surface area contributed by atoms with E-state index in [9.17, 15) is 0 Å². The molecule has 0 bridgehead atoms. The Morgan fingerprint density at radius 1 is 0.317 bits per heavy atom. The fourth-order valence-electron chi connectivity index (χ4n) is 11.8. The Bertz CT molecular complexity index is 3540. The summed E-state index contributed by atoms with van der Waals surface area (Å²) in [6.07, 6.45) is 0. The Hall–Kier alpha value is -8.14. The minimum atomic E-state index is -0.710. The van der Waals surface area contributed by atoms with Crippen molar-refractivity contribution in [2.24, 2.45) is 0 Å². The van der Waals surface area contributed by atoms with Crippen LogP contribution < -0.4 is 0 Å². The van der Waals surface area contributed by atoms with Gasteiger partial charge in [0.05, 0.1) is 22.2 Å². The summed E-state index contributed by atoms with van der Waals surface area (Å²) in [6.45, 7) is 0. The highest BCUT2D eigenvalue weighted by atomic mass is 16.3. The molecule has 0 saturated heterocycles. The van der Waals surface area contributed by atoms with Crippen molar-refractivity contribution in [1.29, 1.82) is 0 Å². The first-order chi connectivity index (χ1) is 31.2. The minimum absolute atomic E-state index is 0.534. The van der Waals surface area contributed by atoms with Crippen LogP contribution in [-0.2, 0) is 10.8 Å². The molecule has 3 heteroatoms. The molecule has 3 aliphatic carbocycles. The first-order valence-corrected chi connectivity index (χ1v) is 21.7. The molecular weight excluding hydrogens is 765 g/mol. The fraction of sp³-hybridized carbons (Fsp3) is 0.0333. The average molecular weight is 801 g/mol. The van der Waals surface area contributed by atoms with Gasteiger partial charge in [0.15, 0.2) is 5.82 Å². The molecule has 2 heterocycles. The lowest BCUT2D eigenvalue weighted by Gasteiger charge is -2.48. The molecule has 0 N–H and O–H groups in total. The lowest BCUT2D eigenvalue weighted by Crippen LogP contribution is -2.43. The van der Waals surface area contributed by atoms with Crippen molar-refractivity contribution in [3.8, 4) is 56.2 Å². The van der Waals surface area contributed by atoms with Gasteiger partial charge < -0.3 is 4.42 Å². The molecule has 9 aromatic carbocycles. The summed E-state index contributed by atoms with van der Waals surface area (Å²) in [5.74, 6) is 0.686. The van der Waals surface area contributed by atoms with Gasteiger partial charge in [0.2, 0.25) is 0 Å². The summed E-state index contributed by atoms with van der Waals surface area (Å²) >= 11 is 0. The second-order valence-corrected chi connectivity index (χ2v) is 17.1. The molecule has 63 heavy (non-hydrogen) atoms. The zero-order valence-corrected chi connectivity index (χ0v) is 34.1. The van der Waals surface area contributed by atoms with Gasteiger partial charge in [-0.25, -0.2) is 9.97 Å². The fourth-order valence-corrected chi connectivity index (χ4v) is 11.8. The number of furan rings is 1. The molecule has 0 atom stereocenters. The van der Waals surface area contributed by atoms with E-state index < -0.39 is 10.8 Å². The molecule has 0 radical (unpaired) electrons. The number of benzene rings is 9. The van der Waals surface area contributed by atoms with Gasteiger partial charge in [0, 0.05) is 33.0 Å². The number of aromatic nitrogens is 2. The van der Waals surface area contributed by atoms with E-state index in [1.807, 2.05) is 12.1 Å². The summed E-state index contributed by atoms with van der Waals surface area (Å²) in [6, 6.07) is 79.6. The van der Waals surface area contributed by atoms with Crippen molar-refractivity contribution in [2.45, 2.75) is 10.8 Å². The smallest absolute Gasteiger partial charge is 0.160 e. The van der Waals surface area contributed by atoms with Gasteiger partial charge in [0.1, 0.15) is 11.2 Å². The Morgan fingerprint density at radius 2 is 0.810 bits per heavy atom. The molecule has 3 nitrogen and oxygen atoms in total. The van der Waals surface area contributed by atoms with Crippen LogP contribution in [0.3, 0.4) is 0 Å². The molecule has 0 aliphatic heterocycles. The number of nitrogens with zero attached hydrogens (tertiary/aromatic N) is 2. The molecule has 0 saturated carbocycles. The number of rotatable bonds is 3. The highest BCUT2D eigenvalue weighted by molar-refractivity contribution is 6.13. The Kier molecular flexibility index (Phi) is 6.97. The van der Waals surface area contributed by atoms with Gasteiger partial charge in [-0.3, -0.25) is 0 Å². The monoisotopic (exact) mass is 800 g/mol. The van der Waals surface area contributed by atoms with Gasteiger partial charge >= 0.3 is 0 Å². The molecule has 0 fully saturated rings. The Morgan fingerprint density at radius 3 is 1.40 bits per heavy atom. The number of hydrogen-bond donors (Lipinski definition) is 0. The maximum absolute atomic E-state index is 6.97. The maximum Gasteiger partial charge on any atom is 0.160 e. The lowest BCUT2D eigenvalue weighted by molar-refractivity contribution is 0.631. The van der Waals surface area contributed by atoms with Crippen molar-refractivity contribution >= 4 is 21.9 Å². The summed E-state index contributed by atoms with van der Waals surface area (Å²) in [4.78, 5) is 10.7. The highest BCUT2D eigenvalue weighted by Gasteiger charge is 2.59. The van der Waals surface area contributed by atoms with Crippen LogP contribution in [0.25, 0.3) is 78.1 Å². The van der Waals surface area contributed by atoms with Crippen molar-refractivity contribution < 1.29 is 4.42 Å². The van der Waals surface area contributed by atoms with Crippen LogP contribution in [0.4, 0.5) is 0 Å². The molecule has 0 amide bonds. The van der Waals surface area contributed by atoms with Crippen molar-refractivity contribution in [3.63, 3.8) is 0 Å². The average Bonchev–Trinajstić information content (AvgIpc) is 3.99. The third kappa shape index (κ3) is 4.43. The van der Waals surface area contributed by atoms with Crippen LogP contribution in [0.5, 0.6) is 0 Å². The molecule has 2 aromatic heterocycles. The predicted octanol–water partition coefficient (Wildman–Crippen LogP) is 14.4. The van der Waals surface area contributed by atoms with Crippen molar-refractivity contribution in [3.05, 3.63) is 263 Å². The van der Waals surface area contributed by atoms with Crippen molar-refractivity contribution in [1.82, 2.24) is 9.97 Å². The molecule has 14 rings (SSSR count). The third-order valence-corrected chi connectivity index (χ3v) is 14.2. The van der Waals surface area contributed by atoms with Crippen LogP contribution >= 0.6 is 0 Å². The van der Waals surface area contributed by atoms with Gasteiger partial charge in [-0.1, -0.05) is 200 Å². The standard InChI is InChI=1S/C60H36N2O/c1-3-17-37(18-4-1)53-36-54(38-19-5-2-6-20-38)62-58(61-53)39-31-32-44-52(35-39)60(51-34-33-43-42-23-9-16-30-55(42)63-57(43)56(44)51)49-28-14-12-26-47(49)59(48-27-13-15-29-50(48)60)45-24-10-7-21-40(45)41-22-8-11-25-46(41)59/h1-36H. The number of hydrogen-bond acceptors (Lipinski definition) is 3. The molecule has 0 unspecified atom stereocenters. The highest BCUT2D eigenvalue weighted by Crippen LogP contribution is 2.68. The van der Waals surface area contributed by atoms with E-state index in [2.05, 4.69) is 206 Å². The summed E-state index contributed by atoms with van der Waals surface area (Å²) in [7, 11) is 0. The van der Waals surface area contributed by atoms with Gasteiger partial charge in [-0.15, -0.1) is 0 Å². The van der Waals surface area contributed by atoms with E-state index in [4.69, 9.17) is 14.4 Å². The quantitative estimate of drug-likeness (QED) is 0.179. The van der Waals surface area contributed by atoms with Crippen molar-refractivity contribution in [2.75, 3.05) is 0 Å². The van der Waals surface area contributed by atoms with Crippen LogP contribution in [0.2, 0.25) is 0 Å². The number of fused-ring (bicyclic) bond motifs is 20. The van der Waals surface area contributed by atoms with Crippen LogP contribution in [0.1, 0.15) is 44.5 Å². The van der Waals surface area contributed by atoms with Crippen LogP contribution in [0, 0.1) is 0 Å². The van der Waals surface area contributed by atoms with E-state index in [0.717, 1.165) is 61.1 Å². The SMILES string of the molecule is c1ccc(-c2cc(-c3ccccc3)nc(-c3ccc4c(c3)C3(c5ccccc5C5(c6ccccc6-c6ccccc65)c5ccccc53)c3ccc5c(oc6ccccc65)c3-4)n2)cc1. The van der Waals surface area contributed by atoms with Crippen LogP contribution in [-0.4, -0.2) is 9.97 Å². The van der Waals surface area contributed by atoms with Gasteiger partial charge in [-0.05, 0) is 79.4 Å². The summed E-state index contributed by atoms with van der Waals surface area (Å²) < 4.78 is 6.97. The largest absolute Gasteiger partial charge is 0.455 e. The zero-order chi connectivity index (χ0) is 41.3. The minimum Gasteiger partial charge on any atom is -0.455 e. The summed E-state index contributed by atoms with van der Waals surface area (Å²) in [5, 5.41) is 2.24. The maximum atomic E-state index is 6.97. The first kappa shape index (κ1) is 34.6. The first-order valence-electron chi connectivity index (χ1n) is 21.7. The van der Waals surface area contributed by atoms with E-state index in [1.165, 1.54) is 55.6 Å². The van der Waals surface area contributed by atoms with E-state index in [-0.39, 0.29) is 0 Å². The van der Waals surface area contributed by atoms with Crippen LogP contribution in [0.15, 0.2) is 223 Å². The number of para-hydroxylation sites is 1. The molecule has 2 spiro atoms. The molecular formula is C60H36N2O. The summed E-state index contributed by atoms with van der Waals surface area (Å²) in [5.41, 5.74) is 20.5. The molecule has 3 aliphatic rings. The van der Waals surface area contributed by atoms with E-state index >= 15 is 0 Å². The van der Waals surface area contributed by atoms with Gasteiger partial charge in [-0.2, -0.15) is 0 Å². The van der Waals surface area contributed by atoms with E-state index in [0.29, 0.717) is 5.82 Å². The van der Waals surface area contributed by atoms with Gasteiger partial charge in [0.25, 0.3) is 0 Å². The topological polar surface area (TPSA) is 38.9 Å². The predicted molar refractivity (Wildman–Crippen MR) is 254 cm³/mol.